The Morgan fingerprint density at radius 2 is 1.30 bits per heavy atom. The largest absolute Gasteiger partial charge is 0.481 e. The number of aldehydes is 1. The molecule has 0 radical (unpaired) electrons. The molecule has 82 heavy (non-hydrogen) atoms. The molecule has 7 fully saturated rings. The van der Waals surface area contributed by atoms with Gasteiger partial charge in [-0.3, -0.25) is 9.59 Å². The second-order valence-corrected chi connectivity index (χ2v) is 39.8. The average Bonchev–Trinajstić information content (AvgIpc) is 3.64. The molecule has 0 bridgehead atoms. The Kier molecular flexibility index (Phi) is 20.2. The number of hydrogen-bond acceptors (Lipinski definition) is 12. The minimum absolute atomic E-state index is 0.0126. The van der Waals surface area contributed by atoms with Gasteiger partial charge in [0.2, 0.25) is 0 Å². The van der Waals surface area contributed by atoms with Crippen LogP contribution in [0.2, 0.25) is 36.3 Å². The molecule has 1 N–H and O–H groups in total. The van der Waals surface area contributed by atoms with E-state index in [-0.39, 0.29) is 69.1 Å². The second-order valence-electron chi connectivity index (χ2n) is 30.3. The number of carbonyl (C=O) groups excluding carboxylic acids is 2. The molecule has 24 atom stereocenters. The van der Waals surface area contributed by atoms with Crippen molar-refractivity contribution in [3.63, 3.8) is 0 Å². The lowest BCUT2D eigenvalue weighted by molar-refractivity contribution is -0.377. The first-order chi connectivity index (χ1) is 38.5. The SMILES string of the molecule is CC[Si](CC)(CC)OCC1O[C@@H](OC2[C@H](O[C@H]3CCC4(C)C5CC=C6C7CC(C)(C)CC[C@]7(C(=O)O)C(OC)C[C@@]6(C)[C@@]5(C)CC[C@H]4[C@@]3(C)C=O)OC(C(C)=O)[C@@H](C)[C@@H]2O[C@@H]2OC[C@@H](C)[C@@H](C)C2C)C(O[Si](CC)(CC)CC)[C@@H](C)[C@@H]1C. The monoisotopic (exact) mass is 1180 g/mol. The third-order valence-electron chi connectivity index (χ3n) is 26.4. The molecule has 8 aliphatic rings. The number of hydrogen-bond donors (Lipinski definition) is 1. The van der Waals surface area contributed by atoms with Gasteiger partial charge in [0.1, 0.15) is 23.9 Å². The number of carbonyl (C=O) groups is 3. The standard InChI is InChI=1S/C67H116O13Si2/c1-21-81(22-2,23-3)74-38-49-42(9)43(10)56(80-82(24-4,25-5)26-6)59(75-49)79-57-55(78-58-44(11)41(8)40(7)37-73-58)45(12)54(46(13)69)77-60(57)76-52-30-31-63(16)50(64(52,17)39-68)29-32-65(18)51(63)28-27-47-48-35-62(14,15)33-34-67(48,61(70)71)53(72-20)36-66(47,65)19/h27,39-45,48-60H,21-26,28-38H2,1-20H3,(H,70,71)/t40-,41-,42+,43+,44?,45-,48?,49?,50-,51?,52+,53?,54?,55+,56?,57?,58+,59+,60-,63?,64-,65+,66-,67-/m1/s1. The van der Waals surface area contributed by atoms with Crippen molar-refractivity contribution in [1.29, 1.82) is 0 Å². The first-order valence-electron chi connectivity index (χ1n) is 33.1. The van der Waals surface area contributed by atoms with Crippen LogP contribution in [-0.2, 0) is 56.4 Å². The van der Waals surface area contributed by atoms with Crippen LogP contribution < -0.4 is 0 Å². The zero-order valence-corrected chi connectivity index (χ0v) is 57.0. The quantitative estimate of drug-likeness (QED) is 0.0502. The Morgan fingerprint density at radius 1 is 0.683 bits per heavy atom. The van der Waals surface area contributed by atoms with Crippen molar-refractivity contribution in [3.8, 4) is 0 Å². The van der Waals surface area contributed by atoms with Crippen LogP contribution in [0, 0.1) is 85.8 Å². The van der Waals surface area contributed by atoms with Crippen molar-refractivity contribution < 1.29 is 61.5 Å². The summed E-state index contributed by atoms with van der Waals surface area (Å²) in [6.45, 7) is 43.5. The first kappa shape index (κ1) is 66.6. The fraction of sp³-hybridized carbons (Fsp3) is 0.925. The lowest BCUT2D eigenvalue weighted by Crippen LogP contribution is -2.68. The average molecular weight is 1190 g/mol. The van der Waals surface area contributed by atoms with Gasteiger partial charge in [0.25, 0.3) is 0 Å². The Hall–Kier alpha value is -1.38. The van der Waals surface area contributed by atoms with Crippen LogP contribution >= 0.6 is 0 Å². The molecule has 470 valence electrons. The molecule has 0 spiro atoms. The van der Waals surface area contributed by atoms with Gasteiger partial charge < -0.3 is 51.9 Å². The Morgan fingerprint density at radius 3 is 1.89 bits per heavy atom. The van der Waals surface area contributed by atoms with Gasteiger partial charge >= 0.3 is 5.97 Å². The Labute approximate surface area is 498 Å². The van der Waals surface area contributed by atoms with Crippen LogP contribution in [0.3, 0.4) is 0 Å². The van der Waals surface area contributed by atoms with E-state index < -0.39 is 94.8 Å². The van der Waals surface area contributed by atoms with E-state index in [0.717, 1.165) is 74.8 Å². The van der Waals surface area contributed by atoms with E-state index in [4.69, 9.17) is 42.0 Å². The van der Waals surface area contributed by atoms with Gasteiger partial charge in [-0.15, -0.1) is 0 Å². The summed E-state index contributed by atoms with van der Waals surface area (Å²) in [7, 11) is -2.53. The summed E-state index contributed by atoms with van der Waals surface area (Å²) in [5.74, 6) is -0.386. The van der Waals surface area contributed by atoms with E-state index >= 15 is 0 Å². The van der Waals surface area contributed by atoms with E-state index in [2.05, 4.69) is 124 Å². The van der Waals surface area contributed by atoms with Crippen molar-refractivity contribution in [3.05, 3.63) is 11.6 Å². The number of rotatable bonds is 21. The predicted molar refractivity (Wildman–Crippen MR) is 326 cm³/mol. The summed E-state index contributed by atoms with van der Waals surface area (Å²) in [6, 6.07) is 5.99. The normalized spacial score (nSPS) is 46.8. The minimum atomic E-state index is -2.26. The number of carboxylic acids is 1. The minimum Gasteiger partial charge on any atom is -0.481 e. The van der Waals surface area contributed by atoms with Gasteiger partial charge in [0.05, 0.1) is 49.1 Å². The van der Waals surface area contributed by atoms with E-state index in [9.17, 15) is 19.5 Å². The number of ether oxygens (including phenoxy) is 7. The lowest BCUT2D eigenvalue weighted by atomic mass is 9.33. The molecule has 13 nitrogen and oxygen atoms in total. The highest BCUT2D eigenvalue weighted by Gasteiger charge is 2.72. The molecule has 5 aliphatic carbocycles. The molecule has 3 saturated heterocycles. The van der Waals surface area contributed by atoms with Gasteiger partial charge in [-0.2, -0.15) is 0 Å². The summed E-state index contributed by atoms with van der Waals surface area (Å²) < 4.78 is 64.7. The summed E-state index contributed by atoms with van der Waals surface area (Å²) >= 11 is 0. The van der Waals surface area contributed by atoms with Crippen LogP contribution in [0.15, 0.2) is 11.6 Å². The number of aliphatic carboxylic acids is 1. The summed E-state index contributed by atoms with van der Waals surface area (Å²) in [6.07, 6.45) is 3.81. The number of methoxy groups -OCH3 is 1. The van der Waals surface area contributed by atoms with Crippen molar-refractivity contribution in [2.45, 2.75) is 287 Å². The molecule has 3 aliphatic heterocycles. The highest BCUT2D eigenvalue weighted by atomic mass is 28.4. The third-order valence-corrected chi connectivity index (χ3v) is 35.7. The predicted octanol–water partition coefficient (Wildman–Crippen LogP) is 14.5. The van der Waals surface area contributed by atoms with Crippen molar-refractivity contribution in [2.75, 3.05) is 20.3 Å². The Bertz CT molecular complexity index is 2250. The van der Waals surface area contributed by atoms with Gasteiger partial charge in [-0.1, -0.05) is 136 Å². The molecule has 3 heterocycles. The van der Waals surface area contributed by atoms with Crippen LogP contribution in [0.25, 0.3) is 0 Å². The fourth-order valence-corrected chi connectivity index (χ4v) is 24.8. The van der Waals surface area contributed by atoms with Crippen LogP contribution in [0.5, 0.6) is 0 Å². The maximum Gasteiger partial charge on any atom is 0.312 e. The zero-order chi connectivity index (χ0) is 60.5. The summed E-state index contributed by atoms with van der Waals surface area (Å²) in [4.78, 5) is 42.2. The molecule has 9 unspecified atom stereocenters. The number of carboxylic acid groups (broad SMARTS) is 1. The number of fused-ring (bicyclic) bond motifs is 7. The van der Waals surface area contributed by atoms with Gasteiger partial charge in [-0.05, 0) is 164 Å². The molecular formula is C67H116O13Si2. The maximum absolute atomic E-state index is 14.5. The van der Waals surface area contributed by atoms with Crippen molar-refractivity contribution >= 4 is 34.7 Å². The van der Waals surface area contributed by atoms with Crippen LogP contribution in [0.4, 0.5) is 0 Å². The second kappa shape index (κ2) is 24.9. The van der Waals surface area contributed by atoms with Crippen LogP contribution in [0.1, 0.15) is 189 Å². The van der Waals surface area contributed by atoms with Crippen molar-refractivity contribution in [1.82, 2.24) is 0 Å². The molecule has 4 saturated carbocycles. The van der Waals surface area contributed by atoms with E-state index in [1.807, 2.05) is 6.92 Å². The molecule has 0 aromatic rings. The van der Waals surface area contributed by atoms with Gasteiger partial charge in [0, 0.05) is 18.9 Å². The number of Topliss-reactive ketones (excluding diaryl/α,β-unsaturated/α-hetero) is 1. The zero-order valence-electron chi connectivity index (χ0n) is 55.0. The summed E-state index contributed by atoms with van der Waals surface area (Å²) in [5.41, 5.74) is -1.31. The fourth-order valence-electron chi connectivity index (χ4n) is 19.2. The third kappa shape index (κ3) is 11.1. The van der Waals surface area contributed by atoms with Crippen molar-refractivity contribution in [2.24, 2.45) is 85.8 Å². The number of ketones is 1. The Balaban J connectivity index is 1.18. The summed E-state index contributed by atoms with van der Waals surface area (Å²) in [5, 5.41) is 11.2. The highest BCUT2D eigenvalue weighted by molar-refractivity contribution is 6.74. The smallest absolute Gasteiger partial charge is 0.312 e. The highest BCUT2D eigenvalue weighted by Crippen LogP contribution is 2.76. The van der Waals surface area contributed by atoms with E-state index in [1.54, 1.807) is 14.0 Å². The van der Waals surface area contributed by atoms with E-state index in [0.29, 0.717) is 44.3 Å². The number of allylic oxidation sites excluding steroid dienone is 2. The van der Waals surface area contributed by atoms with Crippen LogP contribution in [-0.4, -0.2) is 122 Å². The molecule has 15 heteroatoms. The molecule has 0 amide bonds. The van der Waals surface area contributed by atoms with Gasteiger partial charge in [-0.25, -0.2) is 0 Å². The lowest BCUT2D eigenvalue weighted by Gasteiger charge is -2.71. The maximum atomic E-state index is 14.5. The van der Waals surface area contributed by atoms with E-state index in [1.165, 1.54) is 11.9 Å². The molecule has 0 aromatic carbocycles. The molecule has 8 rings (SSSR count). The molecular weight excluding hydrogens is 1070 g/mol. The first-order valence-corrected chi connectivity index (χ1v) is 38.2. The molecule has 0 aromatic heterocycles. The topological polar surface area (TPSA) is 155 Å². The van der Waals surface area contributed by atoms with Gasteiger partial charge in [0.15, 0.2) is 41.3 Å².